The zero-order chi connectivity index (χ0) is 14.1. The van der Waals surface area contributed by atoms with Crippen molar-refractivity contribution in [1.29, 1.82) is 0 Å². The molecule has 4 rings (SSSR count). The maximum absolute atomic E-state index is 6.16. The quantitative estimate of drug-likeness (QED) is 0.845. The first kappa shape index (κ1) is 13.0. The van der Waals surface area contributed by atoms with Crippen LogP contribution in [0.3, 0.4) is 0 Å². The molecule has 0 atom stereocenters. The molecule has 2 aromatic rings. The average molecular weight is 280 g/mol. The Morgan fingerprint density at radius 1 is 1.05 bits per heavy atom. The lowest BCUT2D eigenvalue weighted by atomic mass is 9.85. The van der Waals surface area contributed by atoms with Gasteiger partial charge in [0.2, 0.25) is 0 Å². The standard InChI is InChI=1S/C18H20N2O/c1-2-5-15(6-3-1)13-20-11-8-18(9-12-20)16-7-4-10-19-17(16)14-21-18/h1-7,10H,8-9,11-14H2. The summed E-state index contributed by atoms with van der Waals surface area (Å²) < 4.78 is 6.16. The van der Waals surface area contributed by atoms with Crippen LogP contribution < -0.4 is 0 Å². The number of piperidine rings is 1. The Balaban J connectivity index is 1.46. The molecule has 3 heterocycles. The van der Waals surface area contributed by atoms with Crippen LogP contribution in [0.4, 0.5) is 0 Å². The summed E-state index contributed by atoms with van der Waals surface area (Å²) in [6.07, 6.45) is 4.00. The summed E-state index contributed by atoms with van der Waals surface area (Å²) in [5, 5.41) is 0. The smallest absolute Gasteiger partial charge is 0.0979 e. The van der Waals surface area contributed by atoms with E-state index in [4.69, 9.17) is 4.74 Å². The normalized spacial score (nSPS) is 20.6. The second-order valence-electron chi connectivity index (χ2n) is 6.04. The maximum Gasteiger partial charge on any atom is 0.0979 e. The molecule has 21 heavy (non-hydrogen) atoms. The Morgan fingerprint density at radius 3 is 2.67 bits per heavy atom. The van der Waals surface area contributed by atoms with E-state index in [1.54, 1.807) is 0 Å². The monoisotopic (exact) mass is 280 g/mol. The number of benzene rings is 1. The van der Waals surface area contributed by atoms with Crippen molar-refractivity contribution in [3.63, 3.8) is 0 Å². The third-order valence-corrected chi connectivity index (χ3v) is 4.78. The summed E-state index contributed by atoms with van der Waals surface area (Å²) in [6.45, 7) is 3.89. The van der Waals surface area contributed by atoms with Crippen LogP contribution in [0.5, 0.6) is 0 Å². The summed E-state index contributed by atoms with van der Waals surface area (Å²) in [5.74, 6) is 0. The van der Waals surface area contributed by atoms with Crippen LogP contribution in [0.1, 0.15) is 29.7 Å². The Kier molecular flexibility index (Phi) is 3.24. The van der Waals surface area contributed by atoms with E-state index in [1.165, 1.54) is 11.1 Å². The minimum Gasteiger partial charge on any atom is -0.364 e. The Bertz CT molecular complexity index is 618. The zero-order valence-corrected chi connectivity index (χ0v) is 12.2. The molecule has 1 spiro atoms. The number of nitrogens with zero attached hydrogens (tertiary/aromatic N) is 2. The van der Waals surface area contributed by atoms with Crippen molar-refractivity contribution in [1.82, 2.24) is 9.88 Å². The number of pyridine rings is 1. The number of ether oxygens (including phenoxy) is 1. The molecule has 3 nitrogen and oxygen atoms in total. The molecule has 108 valence electrons. The molecule has 0 N–H and O–H groups in total. The number of hydrogen-bond donors (Lipinski definition) is 0. The number of fused-ring (bicyclic) bond motifs is 2. The molecule has 1 saturated heterocycles. The highest BCUT2D eigenvalue weighted by atomic mass is 16.5. The highest BCUT2D eigenvalue weighted by Crippen LogP contribution is 2.43. The minimum atomic E-state index is -0.0726. The molecule has 0 unspecified atom stereocenters. The molecule has 0 saturated carbocycles. The SMILES string of the molecule is c1ccc(CN2CCC3(CC2)OCc2ncccc23)cc1. The van der Waals surface area contributed by atoms with Gasteiger partial charge >= 0.3 is 0 Å². The molecule has 1 aromatic heterocycles. The van der Waals surface area contributed by atoms with Crippen molar-refractivity contribution >= 4 is 0 Å². The Morgan fingerprint density at radius 2 is 1.86 bits per heavy atom. The fraction of sp³-hybridized carbons (Fsp3) is 0.389. The van der Waals surface area contributed by atoms with Crippen molar-refractivity contribution in [3.05, 3.63) is 65.5 Å². The fourth-order valence-corrected chi connectivity index (χ4v) is 3.58. The number of likely N-dealkylation sites (tertiary alicyclic amines) is 1. The third-order valence-electron chi connectivity index (χ3n) is 4.78. The molecule has 0 amide bonds. The van der Waals surface area contributed by atoms with Crippen LogP contribution in [-0.2, 0) is 23.5 Å². The highest BCUT2D eigenvalue weighted by Gasteiger charge is 2.42. The van der Waals surface area contributed by atoms with Crippen molar-refractivity contribution in [2.45, 2.75) is 31.6 Å². The predicted molar refractivity (Wildman–Crippen MR) is 81.7 cm³/mol. The van der Waals surface area contributed by atoms with Crippen LogP contribution in [0.15, 0.2) is 48.7 Å². The zero-order valence-electron chi connectivity index (χ0n) is 12.2. The predicted octanol–water partition coefficient (Wildman–Crippen LogP) is 3.10. The first-order chi connectivity index (χ1) is 10.4. The van der Waals surface area contributed by atoms with Gasteiger partial charge in [0.25, 0.3) is 0 Å². The first-order valence-electron chi connectivity index (χ1n) is 7.70. The number of rotatable bonds is 2. The van der Waals surface area contributed by atoms with Crippen LogP contribution in [-0.4, -0.2) is 23.0 Å². The first-order valence-corrected chi connectivity index (χ1v) is 7.70. The second kappa shape index (κ2) is 5.24. The lowest BCUT2D eigenvalue weighted by molar-refractivity contribution is -0.0801. The van der Waals surface area contributed by atoms with Gasteiger partial charge in [-0.25, -0.2) is 0 Å². The molecule has 0 bridgehead atoms. The lowest BCUT2D eigenvalue weighted by Gasteiger charge is -2.39. The molecule has 0 aliphatic carbocycles. The summed E-state index contributed by atoms with van der Waals surface area (Å²) in [6, 6.07) is 14.9. The summed E-state index contributed by atoms with van der Waals surface area (Å²) in [7, 11) is 0. The molecular formula is C18H20N2O. The van der Waals surface area contributed by atoms with E-state index in [-0.39, 0.29) is 5.60 Å². The topological polar surface area (TPSA) is 25.4 Å². The van der Waals surface area contributed by atoms with Gasteiger partial charge in [-0.05, 0) is 24.5 Å². The van der Waals surface area contributed by atoms with Gasteiger partial charge < -0.3 is 4.74 Å². The summed E-state index contributed by atoms with van der Waals surface area (Å²) >= 11 is 0. The average Bonchev–Trinajstić information content (AvgIpc) is 2.90. The van der Waals surface area contributed by atoms with Gasteiger partial charge in [-0.15, -0.1) is 0 Å². The third kappa shape index (κ3) is 2.37. The molecular weight excluding hydrogens is 260 g/mol. The molecule has 3 heteroatoms. The van der Waals surface area contributed by atoms with Gasteiger partial charge in [0.15, 0.2) is 0 Å². The van der Waals surface area contributed by atoms with Crippen LogP contribution in [0, 0.1) is 0 Å². The van der Waals surface area contributed by atoms with E-state index >= 15 is 0 Å². The summed E-state index contributed by atoms with van der Waals surface area (Å²) in [5.41, 5.74) is 3.78. The Labute approximate surface area is 125 Å². The molecule has 0 radical (unpaired) electrons. The largest absolute Gasteiger partial charge is 0.364 e. The van der Waals surface area contributed by atoms with Gasteiger partial charge in [0.1, 0.15) is 0 Å². The van der Waals surface area contributed by atoms with E-state index < -0.39 is 0 Å². The van der Waals surface area contributed by atoms with E-state index in [9.17, 15) is 0 Å². The van der Waals surface area contributed by atoms with Crippen molar-refractivity contribution < 1.29 is 4.74 Å². The van der Waals surface area contributed by atoms with Crippen LogP contribution in [0.25, 0.3) is 0 Å². The van der Waals surface area contributed by atoms with Gasteiger partial charge in [-0.2, -0.15) is 0 Å². The van der Waals surface area contributed by atoms with Gasteiger partial charge in [0, 0.05) is 31.4 Å². The number of hydrogen-bond acceptors (Lipinski definition) is 3. The summed E-state index contributed by atoms with van der Waals surface area (Å²) in [4.78, 5) is 6.98. The fourth-order valence-electron chi connectivity index (χ4n) is 3.58. The molecule has 1 aromatic carbocycles. The van der Waals surface area contributed by atoms with E-state index in [2.05, 4.69) is 46.3 Å². The maximum atomic E-state index is 6.16. The Hall–Kier alpha value is -1.71. The second-order valence-corrected chi connectivity index (χ2v) is 6.04. The molecule has 1 fully saturated rings. The number of aromatic nitrogens is 1. The molecule has 2 aliphatic rings. The van der Waals surface area contributed by atoms with Crippen LogP contribution in [0.2, 0.25) is 0 Å². The van der Waals surface area contributed by atoms with Gasteiger partial charge in [-0.3, -0.25) is 9.88 Å². The van der Waals surface area contributed by atoms with Gasteiger partial charge in [-0.1, -0.05) is 36.4 Å². The molecule has 2 aliphatic heterocycles. The minimum absolute atomic E-state index is 0.0726. The van der Waals surface area contributed by atoms with E-state index in [0.717, 1.165) is 38.2 Å². The van der Waals surface area contributed by atoms with Crippen molar-refractivity contribution in [3.8, 4) is 0 Å². The van der Waals surface area contributed by atoms with Gasteiger partial charge in [0.05, 0.1) is 17.9 Å². The van der Waals surface area contributed by atoms with Crippen molar-refractivity contribution in [2.75, 3.05) is 13.1 Å². The van der Waals surface area contributed by atoms with Crippen molar-refractivity contribution in [2.24, 2.45) is 0 Å². The van der Waals surface area contributed by atoms with E-state index in [0.29, 0.717) is 6.61 Å². The van der Waals surface area contributed by atoms with E-state index in [1.807, 2.05) is 12.3 Å². The van der Waals surface area contributed by atoms with Crippen LogP contribution >= 0.6 is 0 Å². The highest BCUT2D eigenvalue weighted by molar-refractivity contribution is 5.31. The lowest BCUT2D eigenvalue weighted by Crippen LogP contribution is -2.42.